The van der Waals surface area contributed by atoms with Crippen molar-refractivity contribution in [1.82, 2.24) is 4.90 Å². The lowest BCUT2D eigenvalue weighted by molar-refractivity contribution is -0.134. The molecule has 0 aromatic carbocycles. The van der Waals surface area contributed by atoms with Gasteiger partial charge in [-0.2, -0.15) is 0 Å². The second kappa shape index (κ2) is 25.6. The molecule has 0 aliphatic heterocycles. The maximum absolute atomic E-state index is 13.0. The fourth-order valence-corrected chi connectivity index (χ4v) is 5.36. The van der Waals surface area contributed by atoms with Crippen LogP contribution in [0.3, 0.4) is 0 Å². The second-order valence-electron chi connectivity index (χ2n) is 11.2. The molecule has 2 atom stereocenters. The summed E-state index contributed by atoms with van der Waals surface area (Å²) in [5, 5.41) is 0. The van der Waals surface area contributed by atoms with Crippen molar-refractivity contribution in [3.63, 3.8) is 0 Å². The van der Waals surface area contributed by atoms with E-state index in [0.717, 1.165) is 25.3 Å². The fraction of sp³-hybridized carbons (Fsp3) is 0.969. The van der Waals surface area contributed by atoms with Gasteiger partial charge in [0.2, 0.25) is 5.91 Å². The summed E-state index contributed by atoms with van der Waals surface area (Å²) in [6.07, 6.45) is 30.5. The molecule has 1 amide bonds. The predicted molar refractivity (Wildman–Crippen MR) is 154 cm³/mol. The zero-order valence-corrected chi connectivity index (χ0v) is 24.5. The van der Waals surface area contributed by atoms with Crippen LogP contribution in [0.1, 0.15) is 175 Å². The van der Waals surface area contributed by atoms with E-state index in [-0.39, 0.29) is 5.92 Å². The van der Waals surface area contributed by atoms with Gasteiger partial charge in [-0.25, -0.2) is 0 Å². The summed E-state index contributed by atoms with van der Waals surface area (Å²) in [7, 11) is 2.05. The van der Waals surface area contributed by atoms with Crippen LogP contribution in [0.25, 0.3) is 0 Å². The molecule has 0 heterocycles. The Kier molecular flexibility index (Phi) is 25.2. The summed E-state index contributed by atoms with van der Waals surface area (Å²) in [6.45, 7) is 10.1. The number of hydrogen-bond acceptors (Lipinski definition) is 1. The van der Waals surface area contributed by atoms with Crippen molar-refractivity contribution in [1.29, 1.82) is 0 Å². The highest BCUT2D eigenvalue weighted by Crippen LogP contribution is 2.24. The van der Waals surface area contributed by atoms with Crippen LogP contribution in [0.5, 0.6) is 0 Å². The molecule has 0 spiro atoms. The molecule has 0 aromatic rings. The molecule has 0 aromatic heterocycles. The van der Waals surface area contributed by atoms with Gasteiger partial charge in [0, 0.05) is 19.5 Å². The summed E-state index contributed by atoms with van der Waals surface area (Å²) >= 11 is 0. The van der Waals surface area contributed by atoms with Gasteiger partial charge < -0.3 is 4.90 Å². The maximum atomic E-state index is 13.0. The van der Waals surface area contributed by atoms with Gasteiger partial charge in [-0.3, -0.25) is 4.79 Å². The molecule has 0 aliphatic rings. The van der Waals surface area contributed by atoms with Crippen LogP contribution >= 0.6 is 0 Å². The molecule has 0 fully saturated rings. The van der Waals surface area contributed by atoms with Crippen molar-refractivity contribution in [3.8, 4) is 0 Å². The first kappa shape index (κ1) is 33.5. The molecule has 2 nitrogen and oxygen atoms in total. The number of nitrogens with zero attached hydrogens (tertiary/aromatic N) is 1. The second-order valence-corrected chi connectivity index (χ2v) is 11.2. The van der Waals surface area contributed by atoms with E-state index in [0.29, 0.717) is 5.91 Å². The topological polar surface area (TPSA) is 20.3 Å². The number of rotatable bonds is 26. The highest BCUT2D eigenvalue weighted by molar-refractivity contribution is 5.78. The third kappa shape index (κ3) is 19.7. The van der Waals surface area contributed by atoms with Crippen molar-refractivity contribution in [2.24, 2.45) is 11.8 Å². The number of carbonyl (C=O) groups is 1. The van der Waals surface area contributed by atoms with Crippen molar-refractivity contribution in [3.05, 3.63) is 0 Å². The third-order valence-corrected chi connectivity index (χ3v) is 7.83. The highest BCUT2D eigenvalue weighted by Gasteiger charge is 2.20. The first-order valence-electron chi connectivity index (χ1n) is 15.8. The summed E-state index contributed by atoms with van der Waals surface area (Å²) in [4.78, 5) is 15.0. The van der Waals surface area contributed by atoms with Crippen LogP contribution in [0.4, 0.5) is 0 Å². The van der Waals surface area contributed by atoms with Gasteiger partial charge in [0.15, 0.2) is 0 Å². The van der Waals surface area contributed by atoms with Gasteiger partial charge >= 0.3 is 0 Å². The lowest BCUT2D eigenvalue weighted by atomic mass is 9.90. The average Bonchev–Trinajstić information content (AvgIpc) is 2.85. The molecule has 2 heteroatoms. The number of carbonyl (C=O) groups excluding carboxylic acids is 1. The number of amides is 1. The number of unbranched alkanes of at least 4 members (excludes halogenated alkanes) is 13. The van der Waals surface area contributed by atoms with E-state index in [2.05, 4.69) is 32.6 Å². The van der Waals surface area contributed by atoms with E-state index in [1.807, 2.05) is 7.05 Å². The van der Waals surface area contributed by atoms with Crippen LogP contribution in [0.2, 0.25) is 0 Å². The van der Waals surface area contributed by atoms with E-state index < -0.39 is 0 Å². The summed E-state index contributed by atoms with van der Waals surface area (Å²) < 4.78 is 0. The third-order valence-electron chi connectivity index (χ3n) is 7.83. The van der Waals surface area contributed by atoms with E-state index >= 15 is 0 Å². The normalized spacial score (nSPS) is 13.2. The van der Waals surface area contributed by atoms with Gasteiger partial charge in [-0.1, -0.05) is 156 Å². The molecular weight excluding hydrogens is 414 g/mol. The van der Waals surface area contributed by atoms with E-state index in [1.165, 1.54) is 135 Å². The Labute approximate surface area is 216 Å². The number of hydrogen-bond donors (Lipinski definition) is 0. The molecule has 0 bridgehead atoms. The minimum Gasteiger partial charge on any atom is -0.346 e. The van der Waals surface area contributed by atoms with Crippen molar-refractivity contribution >= 4 is 5.91 Å². The first-order chi connectivity index (χ1) is 16.6. The molecule has 0 N–H and O–H groups in total. The van der Waals surface area contributed by atoms with Crippen LogP contribution in [0, 0.1) is 11.8 Å². The SMILES string of the molecule is CCCCCCC(CCCC)CCCCCCCCN(C)C(=O)C(CCCC)CCCCCC. The van der Waals surface area contributed by atoms with E-state index in [1.54, 1.807) is 0 Å². The Morgan fingerprint density at radius 2 is 0.882 bits per heavy atom. The van der Waals surface area contributed by atoms with Gasteiger partial charge in [0.1, 0.15) is 0 Å². The maximum Gasteiger partial charge on any atom is 0.225 e. The molecule has 2 unspecified atom stereocenters. The van der Waals surface area contributed by atoms with Gasteiger partial charge in [0.05, 0.1) is 0 Å². The zero-order valence-electron chi connectivity index (χ0n) is 24.5. The van der Waals surface area contributed by atoms with Gasteiger partial charge in [-0.05, 0) is 25.2 Å². The van der Waals surface area contributed by atoms with E-state index in [9.17, 15) is 4.79 Å². The highest BCUT2D eigenvalue weighted by atomic mass is 16.2. The molecule has 34 heavy (non-hydrogen) atoms. The molecule has 0 rings (SSSR count). The summed E-state index contributed by atoms with van der Waals surface area (Å²) in [5.41, 5.74) is 0. The molecular formula is C32H65NO. The van der Waals surface area contributed by atoms with Crippen LogP contribution < -0.4 is 0 Å². The average molecular weight is 480 g/mol. The predicted octanol–water partition coefficient (Wildman–Crippen LogP) is 10.7. The smallest absolute Gasteiger partial charge is 0.225 e. The van der Waals surface area contributed by atoms with Crippen LogP contribution in [-0.4, -0.2) is 24.4 Å². The standard InChI is InChI=1S/C32H65NO/c1-6-10-14-20-25-30(24-12-8-3)26-21-18-16-17-19-23-29-33(5)32(34)31(27-13-9-4)28-22-15-11-7-2/h30-31H,6-29H2,1-5H3. The fourth-order valence-electron chi connectivity index (χ4n) is 5.36. The minimum atomic E-state index is 0.268. The Morgan fingerprint density at radius 1 is 0.500 bits per heavy atom. The Bertz CT molecular complexity index is 421. The van der Waals surface area contributed by atoms with Crippen molar-refractivity contribution < 1.29 is 4.79 Å². The molecule has 0 aliphatic carbocycles. The summed E-state index contributed by atoms with van der Waals surface area (Å²) in [5.74, 6) is 1.67. The lowest BCUT2D eigenvalue weighted by Gasteiger charge is -2.24. The molecule has 0 saturated carbocycles. The molecule has 0 radical (unpaired) electrons. The monoisotopic (exact) mass is 480 g/mol. The largest absolute Gasteiger partial charge is 0.346 e. The lowest BCUT2D eigenvalue weighted by Crippen LogP contribution is -2.33. The Morgan fingerprint density at radius 3 is 1.44 bits per heavy atom. The quantitative estimate of drug-likeness (QED) is 0.113. The van der Waals surface area contributed by atoms with E-state index in [4.69, 9.17) is 0 Å². The Balaban J connectivity index is 3.99. The minimum absolute atomic E-state index is 0.268. The molecule has 204 valence electrons. The van der Waals surface area contributed by atoms with Crippen molar-refractivity contribution in [2.75, 3.05) is 13.6 Å². The van der Waals surface area contributed by atoms with Crippen LogP contribution in [0.15, 0.2) is 0 Å². The first-order valence-corrected chi connectivity index (χ1v) is 15.8. The van der Waals surface area contributed by atoms with Gasteiger partial charge in [-0.15, -0.1) is 0 Å². The zero-order chi connectivity index (χ0) is 25.3. The van der Waals surface area contributed by atoms with Crippen molar-refractivity contribution in [2.45, 2.75) is 175 Å². The Hall–Kier alpha value is -0.530. The molecule has 0 saturated heterocycles. The summed E-state index contributed by atoms with van der Waals surface area (Å²) in [6, 6.07) is 0. The van der Waals surface area contributed by atoms with Gasteiger partial charge in [0.25, 0.3) is 0 Å². The van der Waals surface area contributed by atoms with Crippen LogP contribution in [-0.2, 0) is 4.79 Å².